The highest BCUT2D eigenvalue weighted by Crippen LogP contribution is 2.22. The van der Waals surface area contributed by atoms with Gasteiger partial charge in [-0.2, -0.15) is 0 Å². The molecular formula is C17H15ClN2O2S2. The molecule has 7 heteroatoms. The van der Waals surface area contributed by atoms with Crippen molar-refractivity contribution in [1.29, 1.82) is 0 Å². The molecule has 0 saturated heterocycles. The van der Waals surface area contributed by atoms with Crippen molar-refractivity contribution in [3.63, 3.8) is 0 Å². The summed E-state index contributed by atoms with van der Waals surface area (Å²) in [6.07, 6.45) is 1.70. The fourth-order valence-corrected chi connectivity index (χ4v) is 3.96. The SMILES string of the molecule is C=CCn1c(SCCOc2cccc(Cl)c2)nc2ccsc2c1=O. The molecule has 0 saturated carbocycles. The van der Waals surface area contributed by atoms with Crippen LogP contribution >= 0.6 is 34.7 Å². The molecule has 2 aromatic heterocycles. The molecule has 1 aromatic carbocycles. The molecule has 0 atom stereocenters. The average molecular weight is 379 g/mol. The highest BCUT2D eigenvalue weighted by atomic mass is 35.5. The molecule has 0 fully saturated rings. The van der Waals surface area contributed by atoms with E-state index in [2.05, 4.69) is 11.6 Å². The number of ether oxygens (including phenoxy) is 1. The van der Waals surface area contributed by atoms with E-state index in [1.165, 1.54) is 23.1 Å². The van der Waals surface area contributed by atoms with Crippen molar-refractivity contribution in [2.75, 3.05) is 12.4 Å². The van der Waals surface area contributed by atoms with Crippen LogP contribution in [0.5, 0.6) is 5.75 Å². The fourth-order valence-electron chi connectivity index (χ4n) is 2.17. The van der Waals surface area contributed by atoms with Gasteiger partial charge in [-0.1, -0.05) is 35.5 Å². The second-order valence-electron chi connectivity index (χ2n) is 4.89. The van der Waals surface area contributed by atoms with Crippen molar-refractivity contribution in [1.82, 2.24) is 9.55 Å². The predicted molar refractivity (Wildman–Crippen MR) is 102 cm³/mol. The van der Waals surface area contributed by atoms with E-state index < -0.39 is 0 Å². The minimum atomic E-state index is -0.0202. The van der Waals surface area contributed by atoms with Crippen molar-refractivity contribution >= 4 is 44.9 Å². The summed E-state index contributed by atoms with van der Waals surface area (Å²) < 4.78 is 8.00. The Balaban J connectivity index is 1.71. The lowest BCUT2D eigenvalue weighted by molar-refractivity contribution is 0.344. The Kier molecular flexibility index (Phi) is 5.60. The van der Waals surface area contributed by atoms with E-state index in [9.17, 15) is 4.79 Å². The van der Waals surface area contributed by atoms with Crippen LogP contribution in [0.3, 0.4) is 0 Å². The first-order valence-electron chi connectivity index (χ1n) is 7.29. The predicted octanol–water partition coefficient (Wildman–Crippen LogP) is 4.47. The second kappa shape index (κ2) is 7.88. The molecule has 4 nitrogen and oxygen atoms in total. The molecule has 0 unspecified atom stereocenters. The molecule has 0 spiro atoms. The third-order valence-corrected chi connectivity index (χ3v) is 5.29. The van der Waals surface area contributed by atoms with Crippen LogP contribution in [0, 0.1) is 0 Å². The minimum Gasteiger partial charge on any atom is -0.493 e. The smallest absolute Gasteiger partial charge is 0.272 e. The highest BCUT2D eigenvalue weighted by molar-refractivity contribution is 7.99. The maximum atomic E-state index is 12.5. The molecule has 3 rings (SSSR count). The van der Waals surface area contributed by atoms with Gasteiger partial charge in [-0.05, 0) is 29.6 Å². The van der Waals surface area contributed by atoms with Crippen LogP contribution < -0.4 is 10.3 Å². The Labute approximate surface area is 152 Å². The van der Waals surface area contributed by atoms with Gasteiger partial charge >= 0.3 is 0 Å². The summed E-state index contributed by atoms with van der Waals surface area (Å²) in [6.45, 7) is 4.66. The lowest BCUT2D eigenvalue weighted by atomic mass is 10.3. The maximum absolute atomic E-state index is 12.5. The normalized spacial score (nSPS) is 10.9. The van der Waals surface area contributed by atoms with Crippen molar-refractivity contribution in [2.45, 2.75) is 11.7 Å². The highest BCUT2D eigenvalue weighted by Gasteiger charge is 2.11. The summed E-state index contributed by atoms with van der Waals surface area (Å²) in [5.74, 6) is 1.40. The molecule has 0 aliphatic carbocycles. The molecule has 3 aromatic rings. The Morgan fingerprint density at radius 1 is 1.42 bits per heavy atom. The minimum absolute atomic E-state index is 0.0202. The number of thioether (sulfide) groups is 1. The number of hydrogen-bond acceptors (Lipinski definition) is 5. The molecule has 24 heavy (non-hydrogen) atoms. The van der Waals surface area contributed by atoms with Gasteiger partial charge in [-0.15, -0.1) is 17.9 Å². The largest absolute Gasteiger partial charge is 0.493 e. The number of benzene rings is 1. The average Bonchev–Trinajstić information content (AvgIpc) is 3.03. The van der Waals surface area contributed by atoms with Gasteiger partial charge in [0, 0.05) is 17.3 Å². The monoisotopic (exact) mass is 378 g/mol. The standard InChI is InChI=1S/C17H15ClN2O2S2/c1-2-7-20-16(21)15-14(6-9-23-15)19-17(20)24-10-8-22-13-5-3-4-12(18)11-13/h2-6,9,11H,1,7-8,10H2. The second-order valence-corrected chi connectivity index (χ2v) is 7.30. The first-order valence-corrected chi connectivity index (χ1v) is 9.53. The van der Waals surface area contributed by atoms with Crippen LogP contribution in [0.15, 0.2) is 58.3 Å². The summed E-state index contributed by atoms with van der Waals surface area (Å²) in [5, 5.41) is 3.21. The maximum Gasteiger partial charge on any atom is 0.272 e. The summed E-state index contributed by atoms with van der Waals surface area (Å²) in [7, 11) is 0. The third-order valence-electron chi connectivity index (χ3n) is 3.22. The van der Waals surface area contributed by atoms with Crippen LogP contribution in [0.25, 0.3) is 10.2 Å². The van der Waals surface area contributed by atoms with Gasteiger partial charge in [0.25, 0.3) is 5.56 Å². The van der Waals surface area contributed by atoms with Gasteiger partial charge in [0.05, 0.1) is 12.1 Å². The lowest BCUT2D eigenvalue weighted by Gasteiger charge is -2.10. The molecular weight excluding hydrogens is 364 g/mol. The van der Waals surface area contributed by atoms with Crippen LogP contribution in [0.2, 0.25) is 5.02 Å². The molecule has 124 valence electrons. The summed E-state index contributed by atoms with van der Waals surface area (Å²) >= 11 is 8.84. The number of nitrogens with zero attached hydrogens (tertiary/aromatic N) is 2. The van der Waals surface area contributed by atoms with Crippen LogP contribution in [-0.4, -0.2) is 21.9 Å². The molecule has 0 amide bonds. The van der Waals surface area contributed by atoms with Gasteiger partial charge < -0.3 is 4.74 Å². The molecule has 0 N–H and O–H groups in total. The van der Waals surface area contributed by atoms with Crippen molar-refractivity contribution in [2.24, 2.45) is 0 Å². The Morgan fingerprint density at radius 3 is 3.08 bits per heavy atom. The summed E-state index contributed by atoms with van der Waals surface area (Å²) in [6, 6.07) is 9.15. The molecule has 0 aliphatic heterocycles. The van der Waals surface area contributed by atoms with Crippen molar-refractivity contribution in [3.8, 4) is 5.75 Å². The van der Waals surface area contributed by atoms with Gasteiger partial charge in [0.15, 0.2) is 5.16 Å². The zero-order valence-corrected chi connectivity index (χ0v) is 15.2. The molecule has 0 bridgehead atoms. The molecule has 0 aliphatic rings. The Bertz CT molecular complexity index is 920. The summed E-state index contributed by atoms with van der Waals surface area (Å²) in [4.78, 5) is 17.1. The van der Waals surface area contributed by atoms with Gasteiger partial charge in [0.1, 0.15) is 10.4 Å². The number of hydrogen-bond donors (Lipinski definition) is 0. The van der Waals surface area contributed by atoms with E-state index >= 15 is 0 Å². The summed E-state index contributed by atoms with van der Waals surface area (Å²) in [5.41, 5.74) is 0.719. The van der Waals surface area contributed by atoms with E-state index in [4.69, 9.17) is 16.3 Å². The van der Waals surface area contributed by atoms with Gasteiger partial charge in [0.2, 0.25) is 0 Å². The number of allylic oxidation sites excluding steroid dienone is 1. The number of fused-ring (bicyclic) bond motifs is 1. The van der Waals surface area contributed by atoms with E-state index in [1.54, 1.807) is 22.8 Å². The number of rotatable bonds is 7. The van der Waals surface area contributed by atoms with Crippen LogP contribution in [0.1, 0.15) is 0 Å². The van der Waals surface area contributed by atoms with Gasteiger partial charge in [-0.3, -0.25) is 9.36 Å². The Hall–Kier alpha value is -1.76. The number of halogens is 1. The zero-order valence-electron chi connectivity index (χ0n) is 12.8. The van der Waals surface area contributed by atoms with Crippen molar-refractivity contribution in [3.05, 3.63) is 63.7 Å². The van der Waals surface area contributed by atoms with E-state index in [-0.39, 0.29) is 5.56 Å². The number of aromatic nitrogens is 2. The first kappa shape index (κ1) is 17.1. The lowest BCUT2D eigenvalue weighted by Crippen LogP contribution is -2.22. The topological polar surface area (TPSA) is 44.1 Å². The van der Waals surface area contributed by atoms with Crippen LogP contribution in [-0.2, 0) is 6.54 Å². The van der Waals surface area contributed by atoms with E-state index in [1.807, 2.05) is 23.6 Å². The quantitative estimate of drug-likeness (QED) is 0.263. The number of thiophene rings is 1. The van der Waals surface area contributed by atoms with Crippen LogP contribution in [0.4, 0.5) is 0 Å². The van der Waals surface area contributed by atoms with Gasteiger partial charge in [-0.25, -0.2) is 4.98 Å². The molecule has 2 heterocycles. The molecule has 0 radical (unpaired) electrons. The third kappa shape index (κ3) is 3.83. The zero-order chi connectivity index (χ0) is 16.9. The van der Waals surface area contributed by atoms with E-state index in [0.717, 1.165) is 11.3 Å². The Morgan fingerprint density at radius 2 is 2.29 bits per heavy atom. The van der Waals surface area contributed by atoms with Crippen molar-refractivity contribution < 1.29 is 4.74 Å². The first-order chi connectivity index (χ1) is 11.7. The fraction of sp³-hybridized carbons (Fsp3) is 0.176. The van der Waals surface area contributed by atoms with E-state index in [0.29, 0.717) is 33.8 Å².